The number of sulfone groups is 1. The maximum absolute atomic E-state index is 12.5. The van der Waals surface area contributed by atoms with E-state index in [1.165, 1.54) is 25.9 Å². The zero-order valence-corrected chi connectivity index (χ0v) is 19.4. The highest BCUT2D eigenvalue weighted by atomic mass is 32.2. The molecule has 2 aromatic carbocycles. The third-order valence-corrected chi connectivity index (χ3v) is 7.00. The molecule has 0 spiro atoms. The van der Waals surface area contributed by atoms with E-state index in [0.29, 0.717) is 27.3 Å². The van der Waals surface area contributed by atoms with E-state index in [1.54, 1.807) is 42.5 Å². The van der Waals surface area contributed by atoms with Crippen LogP contribution in [0.4, 0.5) is 0 Å². The Kier molecular flexibility index (Phi) is 7.31. The molecule has 3 aromatic rings. The normalized spacial score (nSPS) is 12.0. The zero-order chi connectivity index (χ0) is 23.3. The minimum absolute atomic E-state index is 0.167. The van der Waals surface area contributed by atoms with Gasteiger partial charge in [-0.2, -0.15) is 4.99 Å². The average Bonchev–Trinajstić information content (AvgIpc) is 3.07. The quantitative estimate of drug-likeness (QED) is 0.455. The Morgan fingerprint density at radius 2 is 1.69 bits per heavy atom. The van der Waals surface area contributed by atoms with E-state index >= 15 is 0 Å². The van der Waals surface area contributed by atoms with Gasteiger partial charge in [0.25, 0.3) is 5.91 Å². The number of methoxy groups -OCH3 is 3. The van der Waals surface area contributed by atoms with Crippen LogP contribution in [0.5, 0.6) is 11.5 Å². The highest BCUT2D eigenvalue weighted by molar-refractivity contribution is 7.91. The second-order valence-electron chi connectivity index (χ2n) is 6.75. The molecule has 0 radical (unpaired) electrons. The molecule has 0 N–H and O–H groups in total. The third kappa shape index (κ3) is 5.54. The number of fused-ring (bicyclic) bond motifs is 1. The van der Waals surface area contributed by atoms with Crippen LogP contribution in [0.25, 0.3) is 10.2 Å². The minimum atomic E-state index is -3.73. The Hall–Kier alpha value is -3.18. The lowest BCUT2D eigenvalue weighted by Gasteiger charge is -2.09. The van der Waals surface area contributed by atoms with Crippen LogP contribution in [0.3, 0.4) is 0 Å². The molecule has 0 atom stereocenters. The molecule has 170 valence electrons. The second-order valence-corrected chi connectivity index (χ2v) is 9.82. The van der Waals surface area contributed by atoms with Crippen molar-refractivity contribution in [1.29, 1.82) is 0 Å². The minimum Gasteiger partial charge on any atom is -0.493 e. The zero-order valence-electron chi connectivity index (χ0n) is 17.7. The Morgan fingerprint density at radius 1 is 1.03 bits per heavy atom. The molecule has 0 aliphatic rings. The van der Waals surface area contributed by atoms with E-state index in [0.717, 1.165) is 11.3 Å². The average molecular weight is 479 g/mol. The summed E-state index contributed by atoms with van der Waals surface area (Å²) in [5.41, 5.74) is 1.15. The molecule has 0 aliphatic carbocycles. The SMILES string of the molecule is COC(=O)Cn1c(=NC(=O)CS(=O)(=O)Cc2ccccc2)sc2cc(OC)c(OC)cc21. The largest absolute Gasteiger partial charge is 0.493 e. The lowest BCUT2D eigenvalue weighted by Crippen LogP contribution is -2.24. The van der Waals surface area contributed by atoms with Crippen molar-refractivity contribution in [3.8, 4) is 11.5 Å². The van der Waals surface area contributed by atoms with E-state index in [1.807, 2.05) is 0 Å². The van der Waals surface area contributed by atoms with Gasteiger partial charge in [0, 0.05) is 12.1 Å². The number of hydrogen-bond donors (Lipinski definition) is 0. The molecule has 9 nitrogen and oxygen atoms in total. The number of rotatable bonds is 8. The van der Waals surface area contributed by atoms with Crippen molar-refractivity contribution in [1.82, 2.24) is 4.57 Å². The van der Waals surface area contributed by atoms with Crippen LogP contribution >= 0.6 is 11.3 Å². The summed E-state index contributed by atoms with van der Waals surface area (Å²) in [6.45, 7) is -0.213. The highest BCUT2D eigenvalue weighted by Gasteiger charge is 2.19. The summed E-state index contributed by atoms with van der Waals surface area (Å²) >= 11 is 1.12. The van der Waals surface area contributed by atoms with Gasteiger partial charge in [0.1, 0.15) is 12.3 Å². The Balaban J connectivity index is 2.00. The maximum Gasteiger partial charge on any atom is 0.325 e. The lowest BCUT2D eigenvalue weighted by atomic mass is 10.2. The first-order chi connectivity index (χ1) is 15.3. The van der Waals surface area contributed by atoms with Gasteiger partial charge in [-0.1, -0.05) is 41.7 Å². The molecular formula is C21H22N2O7S2. The maximum atomic E-state index is 12.5. The lowest BCUT2D eigenvalue weighted by molar-refractivity contribution is -0.141. The summed E-state index contributed by atoms with van der Waals surface area (Å²) in [5, 5.41) is 0. The monoisotopic (exact) mass is 478 g/mol. The molecule has 0 fully saturated rings. The predicted octanol–water partition coefficient (Wildman–Crippen LogP) is 1.94. The van der Waals surface area contributed by atoms with Crippen molar-refractivity contribution in [2.75, 3.05) is 27.1 Å². The standard InChI is InChI=1S/C21H22N2O7S2/c1-28-16-9-15-18(10-17(16)29-2)31-21(23(15)11-20(25)30-3)22-19(24)13-32(26,27)12-14-7-5-4-6-8-14/h4-10H,11-13H2,1-3H3. The van der Waals surface area contributed by atoms with Crippen molar-refractivity contribution in [3.63, 3.8) is 0 Å². The number of carbonyl (C=O) groups is 2. The number of carbonyl (C=O) groups excluding carboxylic acids is 2. The molecule has 0 unspecified atom stereocenters. The van der Waals surface area contributed by atoms with Crippen molar-refractivity contribution < 1.29 is 32.2 Å². The van der Waals surface area contributed by atoms with Crippen LogP contribution in [0.15, 0.2) is 47.5 Å². The number of nitrogens with zero attached hydrogens (tertiary/aromatic N) is 2. The molecule has 11 heteroatoms. The van der Waals surface area contributed by atoms with Gasteiger partial charge in [-0.05, 0) is 5.56 Å². The molecule has 32 heavy (non-hydrogen) atoms. The fraction of sp³-hybridized carbons (Fsp3) is 0.286. The van der Waals surface area contributed by atoms with Gasteiger partial charge in [0.15, 0.2) is 26.1 Å². The molecule has 0 saturated carbocycles. The molecule has 0 bridgehead atoms. The van der Waals surface area contributed by atoms with Crippen LogP contribution in [0.2, 0.25) is 0 Å². The first-order valence-corrected chi connectivity index (χ1v) is 12.0. The molecule has 0 aliphatic heterocycles. The van der Waals surface area contributed by atoms with Gasteiger partial charge in [-0.25, -0.2) is 8.42 Å². The van der Waals surface area contributed by atoms with E-state index in [2.05, 4.69) is 4.99 Å². The smallest absolute Gasteiger partial charge is 0.325 e. The second kappa shape index (κ2) is 9.96. The van der Waals surface area contributed by atoms with E-state index in [-0.39, 0.29) is 17.1 Å². The summed E-state index contributed by atoms with van der Waals surface area (Å²) in [6.07, 6.45) is 0. The van der Waals surface area contributed by atoms with Gasteiger partial charge in [0.05, 0.1) is 37.3 Å². The number of hydrogen-bond acceptors (Lipinski definition) is 8. The topological polar surface area (TPSA) is 113 Å². The number of aromatic nitrogens is 1. The van der Waals surface area contributed by atoms with E-state index in [4.69, 9.17) is 14.2 Å². The summed E-state index contributed by atoms with van der Waals surface area (Å²) in [7, 11) is 0.495. The first-order valence-electron chi connectivity index (χ1n) is 9.40. The van der Waals surface area contributed by atoms with Crippen molar-refractivity contribution in [3.05, 3.63) is 52.8 Å². The number of ether oxygens (including phenoxy) is 3. The molecule has 1 amide bonds. The fourth-order valence-electron chi connectivity index (χ4n) is 3.03. The van der Waals surface area contributed by atoms with Crippen LogP contribution < -0.4 is 14.3 Å². The van der Waals surface area contributed by atoms with E-state index in [9.17, 15) is 18.0 Å². The fourth-order valence-corrected chi connectivity index (χ4v) is 5.33. The van der Waals surface area contributed by atoms with Gasteiger partial charge in [0.2, 0.25) is 0 Å². The summed E-state index contributed by atoms with van der Waals surface area (Å²) in [4.78, 5) is 28.6. The van der Waals surface area contributed by atoms with E-state index < -0.39 is 27.5 Å². The van der Waals surface area contributed by atoms with Crippen LogP contribution in [0, 0.1) is 0 Å². The van der Waals surface area contributed by atoms with Crippen molar-refractivity contribution >= 4 is 43.3 Å². The van der Waals surface area contributed by atoms with Crippen LogP contribution in [-0.2, 0) is 36.5 Å². The number of esters is 1. The van der Waals surface area contributed by atoms with Crippen molar-refractivity contribution in [2.24, 2.45) is 4.99 Å². The molecular weight excluding hydrogens is 456 g/mol. The van der Waals surface area contributed by atoms with Crippen LogP contribution in [-0.4, -0.2) is 51.9 Å². The van der Waals surface area contributed by atoms with Gasteiger partial charge < -0.3 is 18.8 Å². The molecule has 0 saturated heterocycles. The summed E-state index contributed by atoms with van der Waals surface area (Å²) in [6, 6.07) is 11.9. The first kappa shape index (κ1) is 23.5. The summed E-state index contributed by atoms with van der Waals surface area (Å²) < 4.78 is 42.4. The Morgan fingerprint density at radius 3 is 2.31 bits per heavy atom. The third-order valence-electron chi connectivity index (χ3n) is 4.50. The van der Waals surface area contributed by atoms with Crippen molar-refractivity contribution in [2.45, 2.75) is 12.3 Å². The van der Waals surface area contributed by atoms with Crippen LogP contribution in [0.1, 0.15) is 5.56 Å². The number of thiazole rings is 1. The van der Waals surface area contributed by atoms with Gasteiger partial charge >= 0.3 is 5.97 Å². The number of amides is 1. The van der Waals surface area contributed by atoms with Gasteiger partial charge in [-0.3, -0.25) is 9.59 Å². The molecule has 1 heterocycles. The Bertz CT molecular complexity index is 1310. The molecule has 3 rings (SSSR count). The van der Waals surface area contributed by atoms with Gasteiger partial charge in [-0.15, -0.1) is 0 Å². The summed E-state index contributed by atoms with van der Waals surface area (Å²) in [5.74, 6) is -1.50. The Labute approximate surface area is 188 Å². The predicted molar refractivity (Wildman–Crippen MR) is 119 cm³/mol. The highest BCUT2D eigenvalue weighted by Crippen LogP contribution is 2.33. The number of benzene rings is 2. The molecule has 1 aromatic heterocycles.